The maximum absolute atomic E-state index is 5.14. The van der Waals surface area contributed by atoms with Crippen LogP contribution in [0.15, 0.2) is 59.9 Å². The maximum Gasteiger partial charge on any atom is 0.0745 e. The van der Waals surface area contributed by atoms with Gasteiger partial charge in [-0.25, -0.2) is 4.52 Å². The first-order valence-electron chi connectivity index (χ1n) is 8.04. The second-order valence-electron chi connectivity index (χ2n) is 7.31. The fraction of sp³-hybridized carbons (Fsp3) is 0.300. The fourth-order valence-corrected chi connectivity index (χ4v) is 3.32. The summed E-state index contributed by atoms with van der Waals surface area (Å²) in [6.07, 6.45) is 3.87. The van der Waals surface area contributed by atoms with Crippen LogP contribution in [-0.2, 0) is 5.41 Å². The molecule has 0 saturated carbocycles. The molecular weight excluding hydrogens is 282 g/mol. The summed E-state index contributed by atoms with van der Waals surface area (Å²) >= 11 is 0. The van der Waals surface area contributed by atoms with Crippen molar-refractivity contribution >= 4 is 11.2 Å². The Balaban J connectivity index is 1.98. The number of aliphatic imine (C=N–C) groups is 1. The van der Waals surface area contributed by atoms with E-state index in [0.29, 0.717) is 0 Å². The third-order valence-electron chi connectivity index (χ3n) is 5.43. The molecule has 0 atom stereocenters. The highest BCUT2D eigenvalue weighted by Crippen LogP contribution is 2.43. The first kappa shape index (κ1) is 14.2. The van der Waals surface area contributed by atoms with Gasteiger partial charge in [0.15, 0.2) is 0 Å². The van der Waals surface area contributed by atoms with Gasteiger partial charge in [0.05, 0.1) is 23.0 Å². The summed E-state index contributed by atoms with van der Waals surface area (Å²) in [6, 6.07) is 14.9. The van der Waals surface area contributed by atoms with E-state index >= 15 is 0 Å². The van der Waals surface area contributed by atoms with Crippen molar-refractivity contribution in [2.24, 2.45) is 4.99 Å². The lowest BCUT2D eigenvalue weighted by molar-refractivity contribution is 0.303. The summed E-state index contributed by atoms with van der Waals surface area (Å²) in [5.41, 5.74) is 5.59. The molecule has 4 rings (SSSR count). The summed E-state index contributed by atoms with van der Waals surface area (Å²) in [7, 11) is 0. The first-order chi connectivity index (χ1) is 10.9. The van der Waals surface area contributed by atoms with E-state index in [1.165, 1.54) is 11.1 Å². The highest BCUT2D eigenvalue weighted by atomic mass is 15.2. The smallest absolute Gasteiger partial charge is 0.0745 e. The van der Waals surface area contributed by atoms with E-state index in [9.17, 15) is 0 Å². The van der Waals surface area contributed by atoms with Gasteiger partial charge in [-0.05, 0) is 37.6 Å². The molecule has 0 N–H and O–H groups in total. The van der Waals surface area contributed by atoms with Crippen LogP contribution in [0.2, 0.25) is 0 Å². The number of benzene rings is 1. The van der Waals surface area contributed by atoms with Crippen LogP contribution in [0.1, 0.15) is 44.4 Å². The van der Waals surface area contributed by atoms with Gasteiger partial charge >= 0.3 is 0 Å². The van der Waals surface area contributed by atoms with Crippen molar-refractivity contribution < 1.29 is 0 Å². The second-order valence-corrected chi connectivity index (χ2v) is 7.31. The minimum absolute atomic E-state index is 0.0142. The largest absolute Gasteiger partial charge is 0.277 e. The van der Waals surface area contributed by atoms with E-state index in [4.69, 9.17) is 4.99 Å². The first-order valence-corrected chi connectivity index (χ1v) is 8.04. The van der Waals surface area contributed by atoms with Crippen molar-refractivity contribution in [1.82, 2.24) is 9.61 Å². The highest BCUT2D eigenvalue weighted by Gasteiger charge is 2.43. The van der Waals surface area contributed by atoms with Gasteiger partial charge in [0.2, 0.25) is 0 Å². The molecule has 0 bridgehead atoms. The summed E-state index contributed by atoms with van der Waals surface area (Å²) < 4.78 is 1.88. The van der Waals surface area contributed by atoms with Crippen LogP contribution in [0.5, 0.6) is 0 Å². The molecule has 0 amide bonds. The van der Waals surface area contributed by atoms with Crippen LogP contribution in [0.3, 0.4) is 0 Å². The molecule has 1 aromatic carbocycles. The lowest BCUT2D eigenvalue weighted by Gasteiger charge is -2.44. The predicted molar refractivity (Wildman–Crippen MR) is 94.4 cm³/mol. The van der Waals surface area contributed by atoms with Crippen molar-refractivity contribution in [2.45, 2.75) is 38.6 Å². The van der Waals surface area contributed by atoms with Gasteiger partial charge in [-0.1, -0.05) is 38.1 Å². The number of fused-ring (bicyclic) bond motifs is 2. The Kier molecular flexibility index (Phi) is 2.80. The van der Waals surface area contributed by atoms with E-state index in [-0.39, 0.29) is 11.0 Å². The molecule has 0 spiro atoms. The molecule has 3 aromatic rings. The van der Waals surface area contributed by atoms with Gasteiger partial charge in [0, 0.05) is 22.7 Å². The zero-order valence-electron chi connectivity index (χ0n) is 14.0. The summed E-state index contributed by atoms with van der Waals surface area (Å²) in [5, 5.41) is 4.51. The van der Waals surface area contributed by atoms with Crippen molar-refractivity contribution in [3.05, 3.63) is 71.5 Å². The lowest BCUT2D eigenvalue weighted by Crippen LogP contribution is -2.46. The maximum atomic E-state index is 5.14. The summed E-state index contributed by atoms with van der Waals surface area (Å²) in [4.78, 5) is 5.14. The number of hydrogen-bond donors (Lipinski definition) is 0. The monoisotopic (exact) mass is 303 g/mol. The zero-order valence-corrected chi connectivity index (χ0v) is 14.0. The van der Waals surface area contributed by atoms with E-state index in [1.54, 1.807) is 0 Å². The third-order valence-corrected chi connectivity index (χ3v) is 5.43. The Morgan fingerprint density at radius 1 is 0.957 bits per heavy atom. The summed E-state index contributed by atoms with van der Waals surface area (Å²) in [5.74, 6) is 0. The molecule has 3 heteroatoms. The number of rotatable bonds is 1. The van der Waals surface area contributed by atoms with E-state index in [2.05, 4.69) is 69.2 Å². The standard InChI is InChI=1S/C20H21N3/c1-19(2)17-10-6-5-9-16(17)18(22-20(19,3)4)14-12-15-8-7-11-23(15)21-13-14/h5-13H,1-4H3. The topological polar surface area (TPSA) is 29.7 Å². The molecule has 116 valence electrons. The van der Waals surface area contributed by atoms with Crippen LogP contribution >= 0.6 is 0 Å². The Morgan fingerprint density at radius 2 is 1.74 bits per heavy atom. The Bertz CT molecular complexity index is 929. The van der Waals surface area contributed by atoms with Gasteiger partial charge in [-0.15, -0.1) is 0 Å². The van der Waals surface area contributed by atoms with E-state index in [1.807, 2.05) is 23.0 Å². The summed E-state index contributed by atoms with van der Waals surface area (Å²) in [6.45, 7) is 8.99. The SMILES string of the molecule is CC1(C)N=C(c2cnn3cccc3c2)c2ccccc2C1(C)C. The molecule has 2 aromatic heterocycles. The van der Waals surface area contributed by atoms with Gasteiger partial charge in [-0.2, -0.15) is 5.10 Å². The number of nitrogens with zero attached hydrogens (tertiary/aromatic N) is 3. The Labute approximate surface area is 136 Å². The van der Waals surface area contributed by atoms with Gasteiger partial charge < -0.3 is 0 Å². The van der Waals surface area contributed by atoms with E-state index in [0.717, 1.165) is 16.8 Å². The number of aromatic nitrogens is 2. The van der Waals surface area contributed by atoms with Gasteiger partial charge in [-0.3, -0.25) is 4.99 Å². The highest BCUT2D eigenvalue weighted by molar-refractivity contribution is 6.15. The number of hydrogen-bond acceptors (Lipinski definition) is 2. The predicted octanol–water partition coefficient (Wildman–Crippen LogP) is 4.24. The normalized spacial score (nSPS) is 18.5. The molecule has 0 saturated heterocycles. The second kappa shape index (κ2) is 4.54. The quantitative estimate of drug-likeness (QED) is 0.661. The van der Waals surface area contributed by atoms with Crippen molar-refractivity contribution in [3.8, 4) is 0 Å². The molecular formula is C20H21N3. The molecule has 0 aliphatic carbocycles. The van der Waals surface area contributed by atoms with Crippen LogP contribution in [0.4, 0.5) is 0 Å². The van der Waals surface area contributed by atoms with Crippen LogP contribution in [0, 0.1) is 0 Å². The van der Waals surface area contributed by atoms with Crippen molar-refractivity contribution in [2.75, 3.05) is 0 Å². The van der Waals surface area contributed by atoms with Gasteiger partial charge in [0.1, 0.15) is 0 Å². The Morgan fingerprint density at radius 3 is 2.57 bits per heavy atom. The average molecular weight is 303 g/mol. The third kappa shape index (κ3) is 1.96. The molecule has 23 heavy (non-hydrogen) atoms. The minimum Gasteiger partial charge on any atom is -0.277 e. The zero-order chi connectivity index (χ0) is 16.2. The lowest BCUT2D eigenvalue weighted by atomic mass is 9.66. The molecule has 0 fully saturated rings. The van der Waals surface area contributed by atoms with Crippen molar-refractivity contribution in [1.29, 1.82) is 0 Å². The molecule has 3 nitrogen and oxygen atoms in total. The molecule has 0 unspecified atom stereocenters. The van der Waals surface area contributed by atoms with E-state index < -0.39 is 0 Å². The van der Waals surface area contributed by atoms with Crippen LogP contribution in [0.25, 0.3) is 5.52 Å². The minimum atomic E-state index is -0.176. The van der Waals surface area contributed by atoms with Crippen LogP contribution in [-0.4, -0.2) is 20.9 Å². The average Bonchev–Trinajstić information content (AvgIpc) is 2.99. The molecule has 1 aliphatic rings. The molecule has 0 radical (unpaired) electrons. The molecule has 3 heterocycles. The Hall–Kier alpha value is -2.42. The molecule has 1 aliphatic heterocycles. The van der Waals surface area contributed by atoms with Crippen molar-refractivity contribution in [3.63, 3.8) is 0 Å². The van der Waals surface area contributed by atoms with Gasteiger partial charge in [0.25, 0.3) is 0 Å². The fourth-order valence-electron chi connectivity index (χ4n) is 3.32. The van der Waals surface area contributed by atoms with Crippen LogP contribution < -0.4 is 0 Å².